The predicted molar refractivity (Wildman–Crippen MR) is 76.7 cm³/mol. The van der Waals surface area contributed by atoms with Crippen LogP contribution >= 0.6 is 0 Å². The van der Waals surface area contributed by atoms with E-state index in [0.717, 1.165) is 0 Å². The van der Waals surface area contributed by atoms with Crippen LogP contribution in [0, 0.1) is 5.92 Å². The Labute approximate surface area is 122 Å². The molecule has 0 aromatic heterocycles. The van der Waals surface area contributed by atoms with Crippen molar-refractivity contribution in [1.29, 1.82) is 0 Å². The van der Waals surface area contributed by atoms with E-state index in [2.05, 4.69) is 13.8 Å². The zero-order valence-electron chi connectivity index (χ0n) is 12.8. The molecule has 20 heavy (non-hydrogen) atoms. The summed E-state index contributed by atoms with van der Waals surface area (Å²) in [6.45, 7) is 10.1. The van der Waals surface area contributed by atoms with Gasteiger partial charge >= 0.3 is 0 Å². The molecule has 0 aliphatic carbocycles. The van der Waals surface area contributed by atoms with Crippen molar-refractivity contribution < 1.29 is 17.9 Å². The maximum atomic E-state index is 12.7. The summed E-state index contributed by atoms with van der Waals surface area (Å²) in [4.78, 5) is 0. The monoisotopic (exact) mass is 306 g/mol. The molecule has 118 valence electrons. The highest BCUT2D eigenvalue weighted by atomic mass is 32.2. The van der Waals surface area contributed by atoms with Gasteiger partial charge < -0.3 is 9.47 Å². The molecular weight excluding hydrogens is 280 g/mol. The molecule has 0 spiro atoms. The highest BCUT2D eigenvalue weighted by molar-refractivity contribution is 7.86. The van der Waals surface area contributed by atoms with E-state index in [1.807, 2.05) is 13.8 Å². The van der Waals surface area contributed by atoms with Crippen LogP contribution in [0.4, 0.5) is 0 Å². The predicted octanol–water partition coefficient (Wildman–Crippen LogP) is 0.697. The maximum absolute atomic E-state index is 12.7. The summed E-state index contributed by atoms with van der Waals surface area (Å²) in [7, 11) is -3.41. The molecule has 3 atom stereocenters. The summed E-state index contributed by atoms with van der Waals surface area (Å²) in [6.07, 6.45) is -0.139. The quantitative estimate of drug-likeness (QED) is 0.770. The van der Waals surface area contributed by atoms with Crippen LogP contribution in [0.15, 0.2) is 0 Å². The molecule has 2 aliphatic heterocycles. The van der Waals surface area contributed by atoms with Crippen molar-refractivity contribution >= 4 is 10.2 Å². The number of ether oxygens (including phenoxy) is 2. The second-order valence-corrected chi connectivity index (χ2v) is 8.02. The highest BCUT2D eigenvalue weighted by Crippen LogP contribution is 2.21. The molecule has 6 nitrogen and oxygen atoms in total. The Balaban J connectivity index is 2.09. The SMILES string of the molecule is CC(C)[C@H]1CN(S(=O)(=O)N2C[C@@H](C)O[C@H](C)C2)CCO1. The fourth-order valence-corrected chi connectivity index (χ4v) is 4.51. The third-order valence-corrected chi connectivity index (χ3v) is 5.77. The van der Waals surface area contributed by atoms with Gasteiger partial charge in [-0.15, -0.1) is 0 Å². The summed E-state index contributed by atoms with van der Waals surface area (Å²) < 4.78 is 39.8. The first-order valence-corrected chi connectivity index (χ1v) is 8.72. The number of rotatable bonds is 3. The van der Waals surface area contributed by atoms with Crippen molar-refractivity contribution in [2.75, 3.05) is 32.8 Å². The van der Waals surface area contributed by atoms with Gasteiger partial charge in [0.15, 0.2) is 0 Å². The average Bonchev–Trinajstić information content (AvgIpc) is 2.37. The molecule has 0 aromatic rings. The average molecular weight is 306 g/mol. The molecule has 0 radical (unpaired) electrons. The Bertz CT molecular complexity index is 416. The van der Waals surface area contributed by atoms with Crippen molar-refractivity contribution in [3.63, 3.8) is 0 Å². The number of nitrogens with zero attached hydrogens (tertiary/aromatic N) is 2. The lowest BCUT2D eigenvalue weighted by Crippen LogP contribution is -2.56. The maximum Gasteiger partial charge on any atom is 0.282 e. The topological polar surface area (TPSA) is 59.1 Å². The second-order valence-electron chi connectivity index (χ2n) is 6.09. The Morgan fingerprint density at radius 2 is 1.65 bits per heavy atom. The molecule has 0 amide bonds. The molecule has 2 fully saturated rings. The van der Waals surface area contributed by atoms with Gasteiger partial charge in [-0.2, -0.15) is 17.0 Å². The molecular formula is C13H26N2O4S. The molecule has 2 heterocycles. The van der Waals surface area contributed by atoms with E-state index in [-0.39, 0.29) is 18.3 Å². The number of hydrogen-bond acceptors (Lipinski definition) is 4. The summed E-state index contributed by atoms with van der Waals surface area (Å²) in [5.74, 6) is 0.315. The summed E-state index contributed by atoms with van der Waals surface area (Å²) in [5.41, 5.74) is 0. The Kier molecular flexibility index (Phi) is 5.07. The molecule has 2 rings (SSSR count). The van der Waals surface area contributed by atoms with Crippen molar-refractivity contribution in [1.82, 2.24) is 8.61 Å². The molecule has 0 bridgehead atoms. The van der Waals surface area contributed by atoms with E-state index >= 15 is 0 Å². The van der Waals surface area contributed by atoms with Crippen molar-refractivity contribution in [2.24, 2.45) is 5.92 Å². The van der Waals surface area contributed by atoms with Crippen LogP contribution in [0.3, 0.4) is 0 Å². The molecule has 0 saturated carbocycles. The first kappa shape index (κ1) is 16.2. The van der Waals surface area contributed by atoms with Crippen LogP contribution in [0.1, 0.15) is 27.7 Å². The first-order chi connectivity index (χ1) is 9.30. The summed E-state index contributed by atoms with van der Waals surface area (Å²) in [5, 5.41) is 0. The standard InChI is InChI=1S/C13H26N2O4S/c1-10(2)13-9-14(5-6-18-13)20(16,17)15-7-11(3)19-12(4)8-15/h10-13H,5-9H2,1-4H3/t11-,12-,13-/m1/s1. The molecule has 2 saturated heterocycles. The third kappa shape index (κ3) is 3.51. The minimum atomic E-state index is -3.41. The fraction of sp³-hybridized carbons (Fsp3) is 1.00. The summed E-state index contributed by atoms with van der Waals surface area (Å²) >= 11 is 0. The molecule has 2 aliphatic rings. The van der Waals surface area contributed by atoms with Crippen LogP contribution in [0.5, 0.6) is 0 Å². The van der Waals surface area contributed by atoms with E-state index in [4.69, 9.17) is 9.47 Å². The lowest BCUT2D eigenvalue weighted by Gasteiger charge is -2.40. The Morgan fingerprint density at radius 3 is 2.20 bits per heavy atom. The largest absolute Gasteiger partial charge is 0.375 e. The Morgan fingerprint density at radius 1 is 1.05 bits per heavy atom. The van der Waals surface area contributed by atoms with Gasteiger partial charge in [0, 0.05) is 26.2 Å². The molecule has 0 N–H and O–H groups in total. The highest BCUT2D eigenvalue weighted by Gasteiger charge is 2.38. The lowest BCUT2D eigenvalue weighted by molar-refractivity contribution is -0.0508. The van der Waals surface area contributed by atoms with Crippen LogP contribution in [-0.4, -0.2) is 68.1 Å². The second kappa shape index (κ2) is 6.27. The smallest absolute Gasteiger partial charge is 0.282 e. The summed E-state index contributed by atoms with van der Waals surface area (Å²) in [6, 6.07) is 0. The van der Waals surface area contributed by atoms with Crippen molar-refractivity contribution in [3.8, 4) is 0 Å². The van der Waals surface area contributed by atoms with E-state index in [1.54, 1.807) is 8.61 Å². The van der Waals surface area contributed by atoms with Gasteiger partial charge in [-0.25, -0.2) is 0 Å². The van der Waals surface area contributed by atoms with Gasteiger partial charge in [0.1, 0.15) is 0 Å². The minimum absolute atomic E-state index is 0.0191. The minimum Gasteiger partial charge on any atom is -0.375 e. The van der Waals surface area contributed by atoms with Gasteiger partial charge in [0.05, 0.1) is 24.9 Å². The Hall–Kier alpha value is -0.210. The number of hydrogen-bond donors (Lipinski definition) is 0. The van der Waals surface area contributed by atoms with Gasteiger partial charge in [-0.05, 0) is 19.8 Å². The van der Waals surface area contributed by atoms with E-state index < -0.39 is 10.2 Å². The lowest BCUT2D eigenvalue weighted by atomic mass is 10.1. The van der Waals surface area contributed by atoms with Crippen molar-refractivity contribution in [2.45, 2.75) is 46.0 Å². The zero-order chi connectivity index (χ0) is 14.9. The fourth-order valence-electron chi connectivity index (χ4n) is 2.75. The van der Waals surface area contributed by atoms with Crippen LogP contribution in [0.2, 0.25) is 0 Å². The number of morpholine rings is 2. The van der Waals surface area contributed by atoms with Gasteiger partial charge in [0.2, 0.25) is 0 Å². The molecule has 0 aromatic carbocycles. The van der Waals surface area contributed by atoms with Gasteiger partial charge in [-0.3, -0.25) is 0 Å². The van der Waals surface area contributed by atoms with Crippen molar-refractivity contribution in [3.05, 3.63) is 0 Å². The van der Waals surface area contributed by atoms with Crippen LogP contribution in [0.25, 0.3) is 0 Å². The molecule has 7 heteroatoms. The van der Waals surface area contributed by atoms with E-state index in [9.17, 15) is 8.42 Å². The first-order valence-electron chi connectivity index (χ1n) is 7.33. The van der Waals surface area contributed by atoms with Crippen LogP contribution in [-0.2, 0) is 19.7 Å². The van der Waals surface area contributed by atoms with Gasteiger partial charge in [0.25, 0.3) is 10.2 Å². The van der Waals surface area contributed by atoms with E-state index in [1.165, 1.54) is 0 Å². The third-order valence-electron chi connectivity index (χ3n) is 3.84. The normalized spacial score (nSPS) is 34.5. The molecule has 0 unspecified atom stereocenters. The van der Waals surface area contributed by atoms with Crippen LogP contribution < -0.4 is 0 Å². The zero-order valence-corrected chi connectivity index (χ0v) is 13.6. The van der Waals surface area contributed by atoms with E-state index in [0.29, 0.717) is 38.7 Å². The van der Waals surface area contributed by atoms with Gasteiger partial charge in [-0.1, -0.05) is 13.8 Å².